The Balaban J connectivity index is 2.08. The number of benzene rings is 1. The number of thioether (sulfide) groups is 1. The van der Waals surface area contributed by atoms with Gasteiger partial charge in [0.25, 0.3) is 0 Å². The van der Waals surface area contributed by atoms with E-state index in [-0.39, 0.29) is 12.4 Å². The highest BCUT2D eigenvalue weighted by Crippen LogP contribution is 2.37. The minimum Gasteiger partial charge on any atom is -0.361 e. The third-order valence-electron chi connectivity index (χ3n) is 5.11. The monoisotopic (exact) mass is 547 g/mol. The van der Waals surface area contributed by atoms with Crippen molar-refractivity contribution in [2.75, 3.05) is 12.9 Å². The van der Waals surface area contributed by atoms with Gasteiger partial charge in [-0.05, 0) is 42.1 Å². The summed E-state index contributed by atoms with van der Waals surface area (Å²) in [7, 11) is -1.27. The lowest BCUT2D eigenvalue weighted by Gasteiger charge is -2.21. The van der Waals surface area contributed by atoms with Crippen molar-refractivity contribution in [3.8, 4) is 0 Å². The third kappa shape index (κ3) is 7.01. The Morgan fingerprint density at radius 2 is 1.74 bits per heavy atom. The summed E-state index contributed by atoms with van der Waals surface area (Å²) in [6.45, 7) is 7.64. The van der Waals surface area contributed by atoms with Crippen LogP contribution < -0.4 is 0 Å². The van der Waals surface area contributed by atoms with Gasteiger partial charge >= 0.3 is 6.18 Å². The number of pyridine rings is 1. The van der Waals surface area contributed by atoms with Crippen LogP contribution in [-0.4, -0.2) is 35.5 Å². The first-order chi connectivity index (χ1) is 15.9. The molecule has 0 aliphatic heterocycles. The van der Waals surface area contributed by atoms with Gasteiger partial charge in [0, 0.05) is 25.9 Å². The van der Waals surface area contributed by atoms with Crippen LogP contribution >= 0.6 is 35.0 Å². The molecule has 2 heterocycles. The van der Waals surface area contributed by atoms with E-state index in [1.165, 1.54) is 23.9 Å². The van der Waals surface area contributed by atoms with Crippen molar-refractivity contribution in [3.05, 3.63) is 75.4 Å². The van der Waals surface area contributed by atoms with Crippen LogP contribution in [0.4, 0.5) is 13.2 Å². The molecule has 2 aromatic heterocycles. The minimum absolute atomic E-state index is 0.181. The SMILES string of the molecule is CSc1cn(COCC[Si](C)(C)C)c(C(c2ccc(Cl)cc2)c2ccc(Cl)c(C(F)(F)F)n2)n1. The molecule has 34 heavy (non-hydrogen) atoms. The highest BCUT2D eigenvalue weighted by Gasteiger charge is 2.37. The molecular weight excluding hydrogens is 522 g/mol. The Hall–Kier alpha value is -1.52. The average molecular weight is 549 g/mol. The fourth-order valence-electron chi connectivity index (χ4n) is 3.30. The number of hydrogen-bond acceptors (Lipinski definition) is 4. The van der Waals surface area contributed by atoms with Crippen molar-refractivity contribution in [2.24, 2.45) is 0 Å². The Labute approximate surface area is 212 Å². The first kappa shape index (κ1) is 27.1. The second-order valence-electron chi connectivity index (χ2n) is 9.01. The van der Waals surface area contributed by atoms with E-state index < -0.39 is 30.9 Å². The Morgan fingerprint density at radius 3 is 2.32 bits per heavy atom. The van der Waals surface area contributed by atoms with Gasteiger partial charge in [0.15, 0.2) is 5.69 Å². The maximum absolute atomic E-state index is 13.6. The lowest BCUT2D eigenvalue weighted by atomic mass is 9.94. The first-order valence-corrected chi connectivity index (χ1v) is 16.3. The van der Waals surface area contributed by atoms with Gasteiger partial charge in [-0.2, -0.15) is 13.2 Å². The molecular formula is C23H26Cl2F3N3OSSi. The lowest BCUT2D eigenvalue weighted by Crippen LogP contribution is -2.22. The van der Waals surface area contributed by atoms with E-state index in [9.17, 15) is 13.2 Å². The van der Waals surface area contributed by atoms with Crippen LogP contribution in [0.3, 0.4) is 0 Å². The fraction of sp³-hybridized carbons (Fsp3) is 0.391. The molecule has 0 aliphatic rings. The lowest BCUT2D eigenvalue weighted by molar-refractivity contribution is -0.141. The zero-order chi connectivity index (χ0) is 25.1. The summed E-state index contributed by atoms with van der Waals surface area (Å²) < 4.78 is 48.5. The molecule has 184 valence electrons. The van der Waals surface area contributed by atoms with Gasteiger partial charge in [-0.25, -0.2) is 9.97 Å². The van der Waals surface area contributed by atoms with Crippen molar-refractivity contribution < 1.29 is 17.9 Å². The minimum atomic E-state index is -4.68. The zero-order valence-electron chi connectivity index (χ0n) is 19.3. The molecule has 3 rings (SSSR count). The van der Waals surface area contributed by atoms with Gasteiger partial charge in [0.05, 0.1) is 16.6 Å². The highest BCUT2D eigenvalue weighted by atomic mass is 35.5. The molecule has 1 atom stereocenters. The second-order valence-corrected chi connectivity index (χ2v) is 16.3. The maximum atomic E-state index is 13.6. The molecule has 0 fully saturated rings. The first-order valence-electron chi connectivity index (χ1n) is 10.6. The van der Waals surface area contributed by atoms with Crippen LogP contribution in [0.5, 0.6) is 0 Å². The largest absolute Gasteiger partial charge is 0.434 e. The van der Waals surface area contributed by atoms with Crippen molar-refractivity contribution in [3.63, 3.8) is 0 Å². The Kier molecular flexibility index (Phi) is 8.78. The standard InChI is InChI=1S/C23H26Cl2F3N3OSSi/c1-33-19-13-31(14-32-11-12-34(2,3)4)22(30-19)20(15-5-7-16(24)8-6-15)18-10-9-17(25)21(29-18)23(26,27)28/h5-10,13,20H,11-12,14H2,1-4H3. The van der Waals surface area contributed by atoms with Gasteiger partial charge in [-0.1, -0.05) is 55.0 Å². The van der Waals surface area contributed by atoms with Crippen LogP contribution in [0.15, 0.2) is 47.6 Å². The topological polar surface area (TPSA) is 39.9 Å². The van der Waals surface area contributed by atoms with E-state index in [0.29, 0.717) is 23.0 Å². The molecule has 0 N–H and O–H groups in total. The van der Waals surface area contributed by atoms with Crippen LogP contribution in [0.25, 0.3) is 0 Å². The predicted molar refractivity (Wildman–Crippen MR) is 135 cm³/mol. The van der Waals surface area contributed by atoms with E-state index in [2.05, 4.69) is 24.6 Å². The Morgan fingerprint density at radius 1 is 1.06 bits per heavy atom. The summed E-state index contributed by atoms with van der Waals surface area (Å²) in [6, 6.07) is 10.6. The highest BCUT2D eigenvalue weighted by molar-refractivity contribution is 7.98. The molecule has 3 aromatic rings. The van der Waals surface area contributed by atoms with E-state index in [4.69, 9.17) is 32.9 Å². The molecule has 0 radical (unpaired) electrons. The van der Waals surface area contributed by atoms with E-state index >= 15 is 0 Å². The van der Waals surface area contributed by atoms with Gasteiger partial charge in [0.1, 0.15) is 17.6 Å². The summed E-state index contributed by atoms with van der Waals surface area (Å²) in [4.78, 5) is 8.65. The summed E-state index contributed by atoms with van der Waals surface area (Å²) in [5.41, 5.74) is -0.241. The zero-order valence-corrected chi connectivity index (χ0v) is 22.6. The van der Waals surface area contributed by atoms with E-state index in [1.54, 1.807) is 24.3 Å². The number of ether oxygens (including phenoxy) is 1. The summed E-state index contributed by atoms with van der Waals surface area (Å²) >= 11 is 13.4. The molecule has 4 nitrogen and oxygen atoms in total. The smallest absolute Gasteiger partial charge is 0.361 e. The van der Waals surface area contributed by atoms with Crippen LogP contribution in [0, 0.1) is 0 Å². The molecule has 0 bridgehead atoms. The number of alkyl halides is 3. The molecule has 1 unspecified atom stereocenters. The summed E-state index contributed by atoms with van der Waals surface area (Å²) in [5, 5.41) is 0.798. The summed E-state index contributed by atoms with van der Waals surface area (Å²) in [5.74, 6) is -0.153. The average Bonchev–Trinajstić information content (AvgIpc) is 3.15. The van der Waals surface area contributed by atoms with Crippen molar-refractivity contribution in [2.45, 2.75) is 49.5 Å². The molecule has 11 heteroatoms. The molecule has 1 aromatic carbocycles. The van der Waals surface area contributed by atoms with Gasteiger partial charge in [-0.15, -0.1) is 11.8 Å². The number of imidazole rings is 1. The van der Waals surface area contributed by atoms with Crippen molar-refractivity contribution in [1.82, 2.24) is 14.5 Å². The van der Waals surface area contributed by atoms with E-state index in [1.807, 2.05) is 17.0 Å². The number of rotatable bonds is 9. The predicted octanol–water partition coefficient (Wildman–Crippen LogP) is 7.82. The molecule has 0 saturated carbocycles. The number of halogens is 5. The summed E-state index contributed by atoms with van der Waals surface area (Å²) in [6.07, 6.45) is -0.947. The fourth-order valence-corrected chi connectivity index (χ4v) is 4.82. The molecule has 0 saturated heterocycles. The number of nitrogens with zero attached hydrogens (tertiary/aromatic N) is 3. The van der Waals surface area contributed by atoms with Gasteiger partial charge < -0.3 is 9.30 Å². The van der Waals surface area contributed by atoms with Crippen LogP contribution in [0.2, 0.25) is 35.7 Å². The van der Waals surface area contributed by atoms with Crippen molar-refractivity contribution >= 4 is 43.0 Å². The molecule has 0 amide bonds. The Bertz CT molecular complexity index is 1120. The second kappa shape index (κ2) is 11.0. The van der Waals surface area contributed by atoms with Gasteiger partial charge in [0.2, 0.25) is 0 Å². The molecule has 0 aliphatic carbocycles. The normalized spacial score (nSPS) is 13.3. The third-order valence-corrected chi connectivity index (χ3v) is 7.99. The van der Waals surface area contributed by atoms with Crippen molar-refractivity contribution in [1.29, 1.82) is 0 Å². The number of hydrogen-bond donors (Lipinski definition) is 0. The molecule has 0 spiro atoms. The quantitative estimate of drug-likeness (QED) is 0.155. The van der Waals surface area contributed by atoms with E-state index in [0.717, 1.165) is 11.1 Å². The van der Waals surface area contributed by atoms with Gasteiger partial charge in [-0.3, -0.25) is 0 Å². The maximum Gasteiger partial charge on any atom is 0.434 e. The van der Waals surface area contributed by atoms with Crippen LogP contribution in [0.1, 0.15) is 28.7 Å². The number of aromatic nitrogens is 3. The van der Waals surface area contributed by atoms with Crippen LogP contribution in [-0.2, 0) is 17.6 Å².